The predicted octanol–water partition coefficient (Wildman–Crippen LogP) is 6.74. The molecule has 0 heterocycles. The van der Waals surface area contributed by atoms with Gasteiger partial charge in [0, 0.05) is 0 Å². The van der Waals surface area contributed by atoms with Gasteiger partial charge in [0.15, 0.2) is 0 Å². The Hall–Kier alpha value is -0.780. The van der Waals surface area contributed by atoms with E-state index in [2.05, 4.69) is 31.2 Å². The van der Waals surface area contributed by atoms with E-state index in [0.29, 0.717) is 0 Å². The Morgan fingerprint density at radius 3 is 2.22 bits per heavy atom. The monoisotopic (exact) mass is 310 g/mol. The molecule has 4 unspecified atom stereocenters. The number of hydrogen-bond acceptors (Lipinski definition) is 0. The van der Waals surface area contributed by atoms with Crippen molar-refractivity contribution >= 4 is 0 Å². The first-order chi connectivity index (χ1) is 11.3. The molecule has 0 radical (unpaired) electrons. The van der Waals surface area contributed by atoms with Crippen LogP contribution in [0.4, 0.5) is 0 Å². The molecule has 23 heavy (non-hydrogen) atoms. The van der Waals surface area contributed by atoms with Gasteiger partial charge >= 0.3 is 0 Å². The first-order valence-corrected chi connectivity index (χ1v) is 10.4. The highest BCUT2D eigenvalue weighted by molar-refractivity contribution is 5.26. The van der Waals surface area contributed by atoms with Crippen LogP contribution in [0.5, 0.6) is 0 Å². The Kier molecular flexibility index (Phi) is 4.78. The normalized spacial score (nSPS) is 34.1. The van der Waals surface area contributed by atoms with E-state index in [-0.39, 0.29) is 0 Å². The van der Waals surface area contributed by atoms with Gasteiger partial charge in [-0.2, -0.15) is 0 Å². The second-order valence-corrected chi connectivity index (χ2v) is 8.89. The Labute approximate surface area is 143 Å². The van der Waals surface area contributed by atoms with E-state index < -0.39 is 0 Å². The molecule has 3 fully saturated rings. The first kappa shape index (κ1) is 15.7. The molecule has 0 amide bonds. The Bertz CT molecular complexity index is 495. The minimum absolute atomic E-state index is 0.856. The van der Waals surface area contributed by atoms with Crippen molar-refractivity contribution in [2.45, 2.75) is 83.5 Å². The van der Waals surface area contributed by atoms with Crippen LogP contribution in [-0.4, -0.2) is 0 Å². The van der Waals surface area contributed by atoms with E-state index in [1.54, 1.807) is 17.5 Å². The SMILES string of the molecule is CCCC1CCC2CC(c3ccc(CC4CC4)cc3)CCC2C1. The van der Waals surface area contributed by atoms with Gasteiger partial charge in [0.2, 0.25) is 0 Å². The van der Waals surface area contributed by atoms with E-state index in [1.807, 2.05) is 0 Å². The molecule has 3 aliphatic rings. The third kappa shape index (κ3) is 3.83. The van der Waals surface area contributed by atoms with E-state index in [1.165, 1.54) is 64.2 Å². The van der Waals surface area contributed by atoms with Gasteiger partial charge in [-0.1, -0.05) is 50.5 Å². The van der Waals surface area contributed by atoms with E-state index >= 15 is 0 Å². The maximum absolute atomic E-state index is 2.46. The molecule has 0 saturated heterocycles. The Morgan fingerprint density at radius 1 is 0.783 bits per heavy atom. The summed E-state index contributed by atoms with van der Waals surface area (Å²) in [6.45, 7) is 2.36. The van der Waals surface area contributed by atoms with Crippen molar-refractivity contribution in [3.63, 3.8) is 0 Å². The van der Waals surface area contributed by atoms with E-state index in [0.717, 1.165) is 29.6 Å². The van der Waals surface area contributed by atoms with Crippen LogP contribution in [0.15, 0.2) is 24.3 Å². The lowest BCUT2D eigenvalue weighted by atomic mass is 9.63. The fourth-order valence-electron chi connectivity index (χ4n) is 5.54. The van der Waals surface area contributed by atoms with E-state index in [9.17, 15) is 0 Å². The smallest absolute Gasteiger partial charge is 0.0159 e. The summed E-state index contributed by atoms with van der Waals surface area (Å²) in [5.41, 5.74) is 3.21. The van der Waals surface area contributed by atoms with Gasteiger partial charge in [0.1, 0.15) is 0 Å². The lowest BCUT2D eigenvalue weighted by Crippen LogP contribution is -2.30. The molecule has 0 spiro atoms. The number of fused-ring (bicyclic) bond motifs is 1. The fourth-order valence-corrected chi connectivity index (χ4v) is 5.54. The third-order valence-corrected chi connectivity index (χ3v) is 7.09. The summed E-state index contributed by atoms with van der Waals surface area (Å²) in [5, 5.41) is 0. The number of benzene rings is 1. The maximum Gasteiger partial charge on any atom is -0.0159 e. The molecule has 3 aliphatic carbocycles. The van der Waals surface area contributed by atoms with Gasteiger partial charge in [-0.3, -0.25) is 0 Å². The van der Waals surface area contributed by atoms with Crippen molar-refractivity contribution < 1.29 is 0 Å². The molecule has 3 saturated carbocycles. The summed E-state index contributed by atoms with van der Waals surface area (Å²) in [4.78, 5) is 0. The van der Waals surface area contributed by atoms with Crippen molar-refractivity contribution in [1.29, 1.82) is 0 Å². The summed E-state index contributed by atoms with van der Waals surface area (Å²) in [5.74, 6) is 5.02. The Balaban J connectivity index is 1.34. The van der Waals surface area contributed by atoms with Crippen LogP contribution in [0.2, 0.25) is 0 Å². The van der Waals surface area contributed by atoms with Gasteiger partial charge in [-0.15, -0.1) is 0 Å². The van der Waals surface area contributed by atoms with Crippen LogP contribution in [0, 0.1) is 23.7 Å². The highest BCUT2D eigenvalue weighted by atomic mass is 14.4. The number of rotatable bonds is 5. The zero-order chi connectivity index (χ0) is 15.6. The largest absolute Gasteiger partial charge is 0.0654 e. The molecular weight excluding hydrogens is 276 g/mol. The zero-order valence-electron chi connectivity index (χ0n) is 15.0. The number of hydrogen-bond donors (Lipinski definition) is 0. The molecule has 1 aromatic rings. The van der Waals surface area contributed by atoms with Crippen molar-refractivity contribution in [2.24, 2.45) is 23.7 Å². The predicted molar refractivity (Wildman–Crippen MR) is 98.7 cm³/mol. The van der Waals surface area contributed by atoms with Crippen molar-refractivity contribution in [1.82, 2.24) is 0 Å². The molecule has 4 rings (SSSR count). The van der Waals surface area contributed by atoms with Gasteiger partial charge in [0.25, 0.3) is 0 Å². The molecule has 126 valence electrons. The van der Waals surface area contributed by atoms with Crippen LogP contribution >= 0.6 is 0 Å². The van der Waals surface area contributed by atoms with Gasteiger partial charge in [-0.25, -0.2) is 0 Å². The highest BCUT2D eigenvalue weighted by Gasteiger charge is 2.35. The van der Waals surface area contributed by atoms with Crippen molar-refractivity contribution in [2.75, 3.05) is 0 Å². The first-order valence-electron chi connectivity index (χ1n) is 10.4. The van der Waals surface area contributed by atoms with E-state index in [4.69, 9.17) is 0 Å². The molecular formula is C23H34. The Morgan fingerprint density at radius 2 is 1.48 bits per heavy atom. The van der Waals surface area contributed by atoms with Crippen LogP contribution in [0.3, 0.4) is 0 Å². The van der Waals surface area contributed by atoms with Crippen LogP contribution in [-0.2, 0) is 6.42 Å². The molecule has 0 heteroatoms. The summed E-state index contributed by atoms with van der Waals surface area (Å²) in [6.07, 6.45) is 16.1. The van der Waals surface area contributed by atoms with Crippen LogP contribution < -0.4 is 0 Å². The average Bonchev–Trinajstić information content (AvgIpc) is 3.39. The topological polar surface area (TPSA) is 0 Å². The summed E-state index contributed by atoms with van der Waals surface area (Å²) in [6, 6.07) is 9.78. The molecule has 0 aliphatic heterocycles. The quantitative estimate of drug-likeness (QED) is 0.565. The molecule has 0 bridgehead atoms. The second-order valence-electron chi connectivity index (χ2n) is 8.89. The fraction of sp³-hybridized carbons (Fsp3) is 0.739. The standard InChI is InChI=1S/C23H34/c1-2-3-17-8-11-23-16-22(13-12-21(23)15-17)20-9-6-19(7-10-20)14-18-4-5-18/h6-7,9-10,17-18,21-23H,2-5,8,11-16H2,1H3. The molecule has 0 aromatic heterocycles. The molecule has 4 atom stereocenters. The maximum atomic E-state index is 2.46. The lowest BCUT2D eigenvalue weighted by Gasteiger charge is -2.42. The molecule has 1 aromatic carbocycles. The third-order valence-electron chi connectivity index (χ3n) is 7.09. The van der Waals surface area contributed by atoms with Crippen molar-refractivity contribution in [3.05, 3.63) is 35.4 Å². The van der Waals surface area contributed by atoms with Crippen molar-refractivity contribution in [3.8, 4) is 0 Å². The highest BCUT2D eigenvalue weighted by Crippen LogP contribution is 2.48. The molecule has 0 N–H and O–H groups in total. The lowest BCUT2D eigenvalue weighted by molar-refractivity contribution is 0.114. The minimum atomic E-state index is 0.856. The summed E-state index contributed by atoms with van der Waals surface area (Å²) in [7, 11) is 0. The second kappa shape index (κ2) is 6.99. The molecule has 0 nitrogen and oxygen atoms in total. The summed E-state index contributed by atoms with van der Waals surface area (Å²) < 4.78 is 0. The summed E-state index contributed by atoms with van der Waals surface area (Å²) >= 11 is 0. The van der Waals surface area contributed by atoms with Crippen LogP contribution in [0.1, 0.15) is 88.2 Å². The van der Waals surface area contributed by atoms with Crippen LogP contribution in [0.25, 0.3) is 0 Å². The van der Waals surface area contributed by atoms with Gasteiger partial charge < -0.3 is 0 Å². The van der Waals surface area contributed by atoms with Gasteiger partial charge in [-0.05, 0) is 92.1 Å². The zero-order valence-corrected chi connectivity index (χ0v) is 15.0. The minimum Gasteiger partial charge on any atom is -0.0654 e. The van der Waals surface area contributed by atoms with Gasteiger partial charge in [0.05, 0.1) is 0 Å². The average molecular weight is 311 g/mol.